The van der Waals surface area contributed by atoms with Gasteiger partial charge in [-0.25, -0.2) is 4.98 Å². The zero-order chi connectivity index (χ0) is 44.6. The molecule has 0 aromatic carbocycles. The van der Waals surface area contributed by atoms with Crippen molar-refractivity contribution in [2.45, 2.75) is 248 Å². The highest BCUT2D eigenvalue weighted by atomic mass is 31.2. The van der Waals surface area contributed by atoms with Crippen LogP contribution in [-0.2, 0) is 0 Å². The Kier molecular flexibility index (Phi) is 34.5. The Bertz CT molecular complexity index is 903. The Morgan fingerprint density at radius 3 is 0.567 bits per heavy atom. The summed E-state index contributed by atoms with van der Waals surface area (Å²) in [6, 6.07) is 8.11. The lowest BCUT2D eigenvalue weighted by atomic mass is 10.3. The van der Waals surface area contributed by atoms with Crippen LogP contribution in [0.2, 0.25) is 0 Å². The number of pyridine rings is 1. The monoisotopic (exact) mass is 912 g/mol. The highest BCUT2D eigenvalue weighted by molar-refractivity contribution is 7.93. The molecule has 0 radical (unpaired) electrons. The number of nitrogens with zero attached hydrogens (tertiary/aromatic N) is 1. The van der Waals surface area contributed by atoms with Crippen molar-refractivity contribution in [3.05, 3.63) is 29.6 Å². The minimum Gasteiger partial charge on any atom is -0.241 e. The smallest absolute Gasteiger partial charge is 0.209 e. The van der Waals surface area contributed by atoms with Gasteiger partial charge in [-0.2, -0.15) is 0 Å². The van der Waals surface area contributed by atoms with Crippen LogP contribution in [0.25, 0.3) is 0 Å². The zero-order valence-electron chi connectivity index (χ0n) is 43.6. The minimum atomic E-state index is -1.35. The Hall–Kier alpha value is 0.870. The number of aromatic nitrogens is 1. The van der Waals surface area contributed by atoms with Gasteiger partial charge in [-0.05, 0) is 89.2 Å². The Morgan fingerprint density at radius 1 is 0.283 bits per heavy atom. The molecule has 0 amide bonds. The Morgan fingerprint density at radius 2 is 0.433 bits per heavy atom. The van der Waals surface area contributed by atoms with Crippen molar-refractivity contribution in [1.82, 2.24) is 4.98 Å². The molecule has 0 fully saturated rings. The summed E-state index contributed by atoms with van der Waals surface area (Å²) >= 11 is 0. The van der Waals surface area contributed by atoms with E-state index in [1.165, 1.54) is 228 Å². The number of hydrogen-bond acceptors (Lipinski definition) is 1. The molecule has 0 aliphatic heterocycles. The van der Waals surface area contributed by atoms with Crippen molar-refractivity contribution in [2.75, 3.05) is 73.9 Å². The predicted molar refractivity (Wildman–Crippen MR) is 295 cm³/mol. The SMILES string of the molecule is CCCC[P+](CCCC)(CCCC)C(c1cccc(C([P+](CCCC)(CCCC)CCCC)[P+](CCCC)(CCCC)CCCC)n1)[P+](CCCC)(CCCC)CCCC. The van der Waals surface area contributed by atoms with Crippen LogP contribution in [0.3, 0.4) is 0 Å². The van der Waals surface area contributed by atoms with E-state index in [9.17, 15) is 0 Å². The second-order valence-electron chi connectivity index (χ2n) is 20.0. The van der Waals surface area contributed by atoms with E-state index in [2.05, 4.69) is 101 Å². The largest absolute Gasteiger partial charge is 0.241 e. The topological polar surface area (TPSA) is 12.9 Å². The zero-order valence-corrected chi connectivity index (χ0v) is 47.2. The van der Waals surface area contributed by atoms with Crippen LogP contribution in [0.1, 0.15) is 259 Å². The highest BCUT2D eigenvalue weighted by Gasteiger charge is 2.63. The average molecular weight is 912 g/mol. The molecule has 0 bridgehead atoms. The van der Waals surface area contributed by atoms with Crippen LogP contribution in [0.5, 0.6) is 0 Å². The molecule has 0 unspecified atom stereocenters. The molecule has 1 aromatic rings. The van der Waals surface area contributed by atoms with E-state index >= 15 is 0 Å². The lowest BCUT2D eigenvalue weighted by Gasteiger charge is -2.44. The normalized spacial score (nSPS) is 13.0. The van der Waals surface area contributed by atoms with E-state index < -0.39 is 29.0 Å². The fraction of sp³-hybridized carbons (Fsp3) is 0.909. The third kappa shape index (κ3) is 18.6. The van der Waals surface area contributed by atoms with Crippen LogP contribution in [0.4, 0.5) is 0 Å². The average Bonchev–Trinajstić information content (AvgIpc) is 3.27. The minimum absolute atomic E-state index is 0.782. The van der Waals surface area contributed by atoms with Crippen LogP contribution in [-0.4, -0.2) is 78.9 Å². The van der Waals surface area contributed by atoms with Crippen LogP contribution >= 0.6 is 29.0 Å². The van der Waals surface area contributed by atoms with Crippen molar-refractivity contribution in [2.24, 2.45) is 0 Å². The summed E-state index contributed by atoms with van der Waals surface area (Å²) < 4.78 is 0. The van der Waals surface area contributed by atoms with Gasteiger partial charge in [-0.15, -0.1) is 0 Å². The lowest BCUT2D eigenvalue weighted by molar-refractivity contribution is 0.803. The summed E-state index contributed by atoms with van der Waals surface area (Å²) in [5.41, 5.74) is 3.37. The fourth-order valence-electron chi connectivity index (χ4n) is 11.4. The van der Waals surface area contributed by atoms with Crippen molar-refractivity contribution in [1.29, 1.82) is 0 Å². The van der Waals surface area contributed by atoms with E-state index in [1.54, 1.807) is 11.4 Å². The van der Waals surface area contributed by atoms with E-state index in [-0.39, 0.29) is 0 Å². The summed E-state index contributed by atoms with van der Waals surface area (Å²) in [4.78, 5) is 6.65. The first-order chi connectivity index (χ1) is 29.2. The van der Waals surface area contributed by atoms with Gasteiger partial charge in [0.15, 0.2) is 0 Å². The number of hydrogen-bond donors (Lipinski definition) is 0. The van der Waals surface area contributed by atoms with E-state index in [4.69, 9.17) is 4.98 Å². The maximum Gasteiger partial charge on any atom is 0.209 e. The van der Waals surface area contributed by atoms with Gasteiger partial charge in [-0.3, -0.25) is 0 Å². The van der Waals surface area contributed by atoms with Crippen molar-refractivity contribution < 1.29 is 0 Å². The first-order valence-corrected chi connectivity index (χ1v) is 37.2. The van der Waals surface area contributed by atoms with Crippen LogP contribution in [0, 0.1) is 0 Å². The van der Waals surface area contributed by atoms with Gasteiger partial charge < -0.3 is 0 Å². The lowest BCUT2D eigenvalue weighted by Crippen LogP contribution is -2.27. The maximum atomic E-state index is 6.65. The third-order valence-corrected chi connectivity index (χ3v) is 40.5. The molecular weight excluding hydrogens is 799 g/mol. The second kappa shape index (κ2) is 35.1. The second-order valence-corrected chi connectivity index (χ2v) is 38.0. The van der Waals surface area contributed by atoms with Crippen LogP contribution in [0.15, 0.2) is 18.2 Å². The molecule has 0 N–H and O–H groups in total. The van der Waals surface area contributed by atoms with Crippen LogP contribution < -0.4 is 0 Å². The van der Waals surface area contributed by atoms with Gasteiger partial charge in [0, 0.05) is 0 Å². The summed E-state index contributed by atoms with van der Waals surface area (Å²) in [7, 11) is -5.41. The van der Waals surface area contributed by atoms with Gasteiger partial charge in [0.1, 0.15) is 11.4 Å². The fourth-order valence-corrected chi connectivity index (χ4v) is 43.7. The molecular formula is C55H113NP4+4. The van der Waals surface area contributed by atoms with Gasteiger partial charge >= 0.3 is 0 Å². The molecule has 0 aliphatic carbocycles. The number of rotatable bonds is 42. The van der Waals surface area contributed by atoms with E-state index in [1.807, 2.05) is 0 Å². The van der Waals surface area contributed by atoms with Gasteiger partial charge in [0.2, 0.25) is 10.8 Å². The quantitative estimate of drug-likeness (QED) is 0.0596. The summed E-state index contributed by atoms with van der Waals surface area (Å²) in [5, 5.41) is 1.56. The van der Waals surface area contributed by atoms with Crippen molar-refractivity contribution in [3.8, 4) is 0 Å². The highest BCUT2D eigenvalue weighted by Crippen LogP contribution is 2.90. The number of unbranched alkanes of at least 4 members (excludes halogenated alkanes) is 12. The maximum absolute atomic E-state index is 6.65. The molecule has 354 valence electrons. The standard InChI is InChI=1S/C55H113NP4/c1-13-25-40-57(41-26-14-2,42-27-15-3)54(58(43-28-16-4,44-29-17-5)45-30-18-6)52-38-37-39-53(56-52)55(59(46-31-19-7,47-32-20-8)48-33-21-9)60(49-34-22-10,50-35-23-11)51-36-24-12/h37-39,54-55H,13-36,40-51H2,1-12H3/q+4. The van der Waals surface area contributed by atoms with Crippen molar-refractivity contribution in [3.63, 3.8) is 0 Å². The molecule has 1 aromatic heterocycles. The molecule has 1 rings (SSSR count). The molecule has 0 atom stereocenters. The molecule has 0 saturated heterocycles. The first kappa shape index (κ1) is 58.9. The van der Waals surface area contributed by atoms with Gasteiger partial charge in [0.05, 0.1) is 103 Å². The van der Waals surface area contributed by atoms with E-state index in [0.29, 0.717) is 0 Å². The Balaban J connectivity index is 4.82. The predicted octanol–water partition coefficient (Wildman–Crippen LogP) is 20.8. The summed E-state index contributed by atoms with van der Waals surface area (Å²) in [6.45, 7) is 30.0. The van der Waals surface area contributed by atoms with Gasteiger partial charge in [-0.1, -0.05) is 166 Å². The van der Waals surface area contributed by atoms with Gasteiger partial charge in [0.25, 0.3) is 0 Å². The molecule has 1 nitrogen and oxygen atoms in total. The summed E-state index contributed by atoms with van der Waals surface area (Å²) in [6.07, 6.45) is 52.0. The van der Waals surface area contributed by atoms with E-state index in [0.717, 1.165) is 10.8 Å². The molecule has 60 heavy (non-hydrogen) atoms. The molecule has 0 saturated carbocycles. The Labute approximate surface area is 383 Å². The third-order valence-electron chi connectivity index (χ3n) is 14.9. The van der Waals surface area contributed by atoms with Crippen molar-refractivity contribution >= 4 is 29.0 Å². The molecule has 1 heterocycles. The first-order valence-electron chi connectivity index (χ1n) is 27.6. The molecule has 0 spiro atoms. The molecule has 0 aliphatic rings. The summed E-state index contributed by atoms with van der Waals surface area (Å²) in [5.74, 6) is 0. The molecule has 5 heteroatoms.